The molecule has 0 spiro atoms. The van der Waals surface area contributed by atoms with E-state index in [1.807, 2.05) is 31.4 Å². The van der Waals surface area contributed by atoms with Crippen LogP contribution in [0.15, 0.2) is 53.9 Å². The number of non-ortho nitro benzene ring substituents is 1. The number of nitro benzene ring substituents is 1. The number of thiazole rings is 1. The van der Waals surface area contributed by atoms with Crippen molar-refractivity contribution in [2.75, 3.05) is 5.32 Å². The highest BCUT2D eigenvalue weighted by Crippen LogP contribution is 2.28. The summed E-state index contributed by atoms with van der Waals surface area (Å²) in [5.74, 6) is -0.344. The number of nitro groups is 1. The Kier molecular flexibility index (Phi) is 5.42. The molecule has 0 aliphatic carbocycles. The van der Waals surface area contributed by atoms with Crippen LogP contribution in [0.4, 0.5) is 10.8 Å². The number of nitrogens with one attached hydrogen (secondary N) is 1. The monoisotopic (exact) mass is 379 g/mol. The Balaban J connectivity index is 1.70. The molecule has 0 aliphatic rings. The van der Waals surface area contributed by atoms with Gasteiger partial charge in [0.2, 0.25) is 5.91 Å². The highest BCUT2D eigenvalue weighted by Gasteiger charge is 2.09. The van der Waals surface area contributed by atoms with Crippen LogP contribution in [0.2, 0.25) is 0 Å². The minimum absolute atomic E-state index is 0.0179. The van der Waals surface area contributed by atoms with Gasteiger partial charge >= 0.3 is 0 Å². The Bertz CT molecular complexity index is 1040. The molecular weight excluding hydrogens is 362 g/mol. The molecule has 0 saturated carbocycles. The van der Waals surface area contributed by atoms with E-state index in [1.165, 1.54) is 35.6 Å². The molecule has 0 aliphatic heterocycles. The molecule has 1 amide bonds. The predicted octanol–water partition coefficient (Wildman–Crippen LogP) is 4.99. The zero-order chi connectivity index (χ0) is 19.4. The molecule has 0 radical (unpaired) electrons. The molecule has 1 N–H and O–H groups in total. The lowest BCUT2D eigenvalue weighted by atomic mass is 10.0. The second-order valence-electron chi connectivity index (χ2n) is 6.03. The van der Waals surface area contributed by atoms with Crippen molar-refractivity contribution in [1.29, 1.82) is 0 Å². The average Bonchev–Trinajstić information content (AvgIpc) is 3.10. The van der Waals surface area contributed by atoms with Gasteiger partial charge in [0.1, 0.15) is 0 Å². The van der Waals surface area contributed by atoms with Crippen LogP contribution in [-0.2, 0) is 4.79 Å². The molecule has 1 heterocycles. The summed E-state index contributed by atoms with van der Waals surface area (Å²) in [5.41, 5.74) is 4.69. The lowest BCUT2D eigenvalue weighted by Gasteiger charge is -2.03. The van der Waals surface area contributed by atoms with Gasteiger partial charge in [-0.15, -0.1) is 11.3 Å². The van der Waals surface area contributed by atoms with Gasteiger partial charge in [-0.25, -0.2) is 4.98 Å². The predicted molar refractivity (Wildman–Crippen MR) is 108 cm³/mol. The molecule has 3 aromatic rings. The molecular formula is C20H17N3O3S. The maximum absolute atomic E-state index is 12.1. The number of carbonyl (C=O) groups excluding carboxylic acids is 1. The van der Waals surface area contributed by atoms with Gasteiger partial charge in [0.15, 0.2) is 5.13 Å². The van der Waals surface area contributed by atoms with Crippen LogP contribution in [0.1, 0.15) is 16.7 Å². The fraction of sp³-hybridized carbons (Fsp3) is 0.100. The van der Waals surface area contributed by atoms with Crippen LogP contribution < -0.4 is 5.32 Å². The zero-order valence-corrected chi connectivity index (χ0v) is 15.6. The van der Waals surface area contributed by atoms with Crippen molar-refractivity contribution in [1.82, 2.24) is 4.98 Å². The number of benzene rings is 2. The highest BCUT2D eigenvalue weighted by molar-refractivity contribution is 7.14. The van der Waals surface area contributed by atoms with Crippen molar-refractivity contribution in [3.05, 3.63) is 80.7 Å². The maximum Gasteiger partial charge on any atom is 0.270 e. The maximum atomic E-state index is 12.1. The molecule has 136 valence electrons. The summed E-state index contributed by atoms with van der Waals surface area (Å²) in [6.45, 7) is 4.05. The van der Waals surface area contributed by atoms with Gasteiger partial charge in [-0.2, -0.15) is 0 Å². The number of hydrogen-bond donors (Lipinski definition) is 1. The Labute approximate surface area is 160 Å². The molecule has 3 rings (SSSR count). The largest absolute Gasteiger partial charge is 0.298 e. The summed E-state index contributed by atoms with van der Waals surface area (Å²) in [6.07, 6.45) is 2.86. The van der Waals surface area contributed by atoms with E-state index >= 15 is 0 Å². The first-order chi connectivity index (χ1) is 12.9. The van der Waals surface area contributed by atoms with E-state index in [-0.39, 0.29) is 11.6 Å². The van der Waals surface area contributed by atoms with E-state index < -0.39 is 4.92 Å². The molecule has 0 saturated heterocycles. The Morgan fingerprint density at radius 3 is 2.81 bits per heavy atom. The first-order valence-corrected chi connectivity index (χ1v) is 9.07. The van der Waals surface area contributed by atoms with Crippen LogP contribution in [0.5, 0.6) is 0 Å². The van der Waals surface area contributed by atoms with Gasteiger partial charge in [-0.05, 0) is 37.1 Å². The van der Waals surface area contributed by atoms with E-state index in [4.69, 9.17) is 0 Å². The molecule has 2 aromatic carbocycles. The second-order valence-corrected chi connectivity index (χ2v) is 6.89. The van der Waals surface area contributed by atoms with Crippen LogP contribution >= 0.6 is 11.3 Å². The van der Waals surface area contributed by atoms with Gasteiger partial charge in [-0.3, -0.25) is 20.2 Å². The number of rotatable bonds is 5. The molecule has 1 aromatic heterocycles. The number of aryl methyl sites for hydroxylation is 2. The molecule has 0 bridgehead atoms. The van der Waals surface area contributed by atoms with Gasteiger partial charge in [-0.1, -0.05) is 29.8 Å². The third-order valence-corrected chi connectivity index (χ3v) is 4.67. The van der Waals surface area contributed by atoms with Crippen molar-refractivity contribution in [2.24, 2.45) is 0 Å². The Morgan fingerprint density at radius 1 is 1.22 bits per heavy atom. The SMILES string of the molecule is Cc1ccc(C)c(-c2csc(NC(=O)C=Cc3cccc([N+](=O)[O-])c3)n2)c1. The van der Waals surface area contributed by atoms with Crippen molar-refractivity contribution < 1.29 is 9.72 Å². The van der Waals surface area contributed by atoms with Gasteiger partial charge in [0, 0.05) is 29.2 Å². The fourth-order valence-electron chi connectivity index (χ4n) is 2.53. The Hall–Kier alpha value is -3.32. The van der Waals surface area contributed by atoms with E-state index in [0.29, 0.717) is 10.7 Å². The smallest absolute Gasteiger partial charge is 0.270 e. The lowest BCUT2D eigenvalue weighted by Crippen LogP contribution is -2.07. The summed E-state index contributed by atoms with van der Waals surface area (Å²) in [7, 11) is 0. The zero-order valence-electron chi connectivity index (χ0n) is 14.8. The minimum atomic E-state index is -0.470. The van der Waals surface area contributed by atoms with E-state index in [1.54, 1.807) is 12.1 Å². The summed E-state index contributed by atoms with van der Waals surface area (Å²) in [5, 5.41) is 15.9. The standard InChI is InChI=1S/C20H17N3O3S/c1-13-6-7-14(2)17(10-13)18-12-27-20(21-18)22-19(24)9-8-15-4-3-5-16(11-15)23(25)26/h3-12H,1-2H3,(H,21,22,24). The Morgan fingerprint density at radius 2 is 2.04 bits per heavy atom. The summed E-state index contributed by atoms with van der Waals surface area (Å²) >= 11 is 1.35. The number of nitrogens with zero attached hydrogens (tertiary/aromatic N) is 2. The normalized spacial score (nSPS) is 10.9. The van der Waals surface area contributed by atoms with Crippen LogP contribution in [-0.4, -0.2) is 15.8 Å². The van der Waals surface area contributed by atoms with E-state index in [9.17, 15) is 14.9 Å². The molecule has 0 fully saturated rings. The van der Waals surface area contributed by atoms with Crippen molar-refractivity contribution in [3.63, 3.8) is 0 Å². The van der Waals surface area contributed by atoms with Gasteiger partial charge in [0.05, 0.1) is 10.6 Å². The molecule has 7 heteroatoms. The quantitative estimate of drug-likeness (QED) is 0.384. The fourth-order valence-corrected chi connectivity index (χ4v) is 3.24. The van der Waals surface area contributed by atoms with E-state index in [2.05, 4.69) is 16.4 Å². The highest BCUT2D eigenvalue weighted by atomic mass is 32.1. The number of hydrogen-bond acceptors (Lipinski definition) is 5. The minimum Gasteiger partial charge on any atom is -0.298 e. The summed E-state index contributed by atoms with van der Waals surface area (Å²) < 4.78 is 0. The molecule has 27 heavy (non-hydrogen) atoms. The third kappa shape index (κ3) is 4.65. The van der Waals surface area contributed by atoms with Crippen molar-refractivity contribution in [2.45, 2.75) is 13.8 Å². The second kappa shape index (κ2) is 7.92. The van der Waals surface area contributed by atoms with Gasteiger partial charge < -0.3 is 0 Å². The average molecular weight is 379 g/mol. The number of carbonyl (C=O) groups is 1. The molecule has 0 unspecified atom stereocenters. The lowest BCUT2D eigenvalue weighted by molar-refractivity contribution is -0.384. The molecule has 0 atom stereocenters. The topological polar surface area (TPSA) is 85.1 Å². The number of amides is 1. The van der Waals surface area contributed by atoms with E-state index in [0.717, 1.165) is 22.4 Å². The first-order valence-electron chi connectivity index (χ1n) is 8.19. The van der Waals surface area contributed by atoms with Crippen LogP contribution in [0, 0.1) is 24.0 Å². The third-order valence-electron chi connectivity index (χ3n) is 3.91. The van der Waals surface area contributed by atoms with Crippen LogP contribution in [0.25, 0.3) is 17.3 Å². The molecule has 6 nitrogen and oxygen atoms in total. The number of aromatic nitrogens is 1. The summed E-state index contributed by atoms with van der Waals surface area (Å²) in [4.78, 5) is 26.9. The number of anilines is 1. The van der Waals surface area contributed by atoms with Crippen LogP contribution in [0.3, 0.4) is 0 Å². The van der Waals surface area contributed by atoms with Crippen molar-refractivity contribution >= 4 is 34.1 Å². The van der Waals surface area contributed by atoms with Gasteiger partial charge in [0.25, 0.3) is 5.69 Å². The van der Waals surface area contributed by atoms with Crippen molar-refractivity contribution in [3.8, 4) is 11.3 Å². The first kappa shape index (κ1) is 18.5. The summed E-state index contributed by atoms with van der Waals surface area (Å²) in [6, 6.07) is 12.2.